The first-order valence-corrected chi connectivity index (χ1v) is 8.07. The molecule has 0 unspecified atom stereocenters. The number of aryl methyl sites for hydroxylation is 3. The van der Waals surface area contributed by atoms with Gasteiger partial charge in [0, 0.05) is 28.9 Å². The van der Waals surface area contributed by atoms with Crippen molar-refractivity contribution >= 4 is 21.9 Å². The van der Waals surface area contributed by atoms with E-state index in [-0.39, 0.29) is 5.56 Å². The third kappa shape index (κ3) is 1.88. The van der Waals surface area contributed by atoms with Crippen LogP contribution >= 0.6 is 0 Å². The standard InChI is InChI=1S/C21H19NO2/c1-12-11-24-20-14(3)19-17(10-16(12)20)18(13(2)21(23)22(19)4)15-8-6-5-7-9-15/h5-11H,1-4H3. The first-order chi connectivity index (χ1) is 11.5. The minimum absolute atomic E-state index is 0.0343. The molecule has 4 rings (SSSR count). The molecule has 2 aromatic carbocycles. The van der Waals surface area contributed by atoms with Crippen molar-refractivity contribution in [2.75, 3.05) is 0 Å². The summed E-state index contributed by atoms with van der Waals surface area (Å²) >= 11 is 0. The van der Waals surface area contributed by atoms with E-state index in [9.17, 15) is 4.79 Å². The zero-order valence-corrected chi connectivity index (χ0v) is 14.3. The van der Waals surface area contributed by atoms with Crippen LogP contribution < -0.4 is 5.56 Å². The average molecular weight is 317 g/mol. The van der Waals surface area contributed by atoms with Crippen LogP contribution in [0.5, 0.6) is 0 Å². The molecule has 0 N–H and O–H groups in total. The Morgan fingerprint density at radius 3 is 2.38 bits per heavy atom. The van der Waals surface area contributed by atoms with Gasteiger partial charge in [0.05, 0.1) is 11.8 Å². The highest BCUT2D eigenvalue weighted by Crippen LogP contribution is 2.36. The Balaban J connectivity index is 2.31. The van der Waals surface area contributed by atoms with E-state index in [1.807, 2.05) is 46.0 Å². The molecule has 2 heterocycles. The van der Waals surface area contributed by atoms with Crippen molar-refractivity contribution in [2.45, 2.75) is 20.8 Å². The molecule has 2 aromatic heterocycles. The van der Waals surface area contributed by atoms with E-state index in [4.69, 9.17) is 4.42 Å². The number of rotatable bonds is 1. The lowest BCUT2D eigenvalue weighted by Crippen LogP contribution is -2.21. The maximum atomic E-state index is 12.8. The smallest absolute Gasteiger partial charge is 0.254 e. The van der Waals surface area contributed by atoms with E-state index in [1.165, 1.54) is 0 Å². The van der Waals surface area contributed by atoms with E-state index >= 15 is 0 Å². The molecule has 0 fully saturated rings. The van der Waals surface area contributed by atoms with Gasteiger partial charge in [-0.15, -0.1) is 0 Å². The number of hydrogen-bond donors (Lipinski definition) is 0. The van der Waals surface area contributed by atoms with E-state index in [1.54, 1.807) is 10.8 Å². The highest BCUT2D eigenvalue weighted by Gasteiger charge is 2.18. The molecule has 0 aliphatic carbocycles. The Hall–Kier alpha value is -2.81. The van der Waals surface area contributed by atoms with E-state index in [0.717, 1.165) is 49.7 Å². The molecule has 4 aromatic rings. The highest BCUT2D eigenvalue weighted by atomic mass is 16.3. The van der Waals surface area contributed by atoms with Crippen LogP contribution in [0.25, 0.3) is 33.0 Å². The van der Waals surface area contributed by atoms with Gasteiger partial charge in [0.2, 0.25) is 0 Å². The fourth-order valence-corrected chi connectivity index (χ4v) is 3.71. The van der Waals surface area contributed by atoms with Gasteiger partial charge < -0.3 is 8.98 Å². The molecule has 0 saturated carbocycles. The monoisotopic (exact) mass is 317 g/mol. The average Bonchev–Trinajstić information content (AvgIpc) is 2.95. The number of fused-ring (bicyclic) bond motifs is 2. The lowest BCUT2D eigenvalue weighted by Gasteiger charge is -2.16. The molecular weight excluding hydrogens is 298 g/mol. The van der Waals surface area contributed by atoms with Gasteiger partial charge in [0.1, 0.15) is 5.58 Å². The van der Waals surface area contributed by atoms with E-state index < -0.39 is 0 Å². The molecule has 0 spiro atoms. The van der Waals surface area contributed by atoms with Crippen LogP contribution in [0.2, 0.25) is 0 Å². The van der Waals surface area contributed by atoms with Crippen molar-refractivity contribution < 1.29 is 4.42 Å². The Kier molecular flexibility index (Phi) is 3.14. The maximum absolute atomic E-state index is 12.8. The first-order valence-electron chi connectivity index (χ1n) is 8.07. The quantitative estimate of drug-likeness (QED) is 0.501. The zero-order chi connectivity index (χ0) is 17.0. The van der Waals surface area contributed by atoms with Crippen molar-refractivity contribution in [3.8, 4) is 11.1 Å². The lowest BCUT2D eigenvalue weighted by molar-refractivity contribution is 0.610. The SMILES string of the molecule is Cc1c(-c2ccccc2)c2cc3c(C)coc3c(C)c2n(C)c1=O. The normalized spacial score (nSPS) is 11.5. The van der Waals surface area contributed by atoms with Crippen LogP contribution in [0.4, 0.5) is 0 Å². The van der Waals surface area contributed by atoms with Gasteiger partial charge in [-0.2, -0.15) is 0 Å². The van der Waals surface area contributed by atoms with Crippen molar-refractivity contribution in [2.24, 2.45) is 7.05 Å². The van der Waals surface area contributed by atoms with Crippen LogP contribution in [0.1, 0.15) is 16.7 Å². The second-order valence-electron chi connectivity index (χ2n) is 6.42. The van der Waals surface area contributed by atoms with Gasteiger partial charge in [-0.25, -0.2) is 0 Å². The molecule has 0 saturated heterocycles. The summed E-state index contributed by atoms with van der Waals surface area (Å²) < 4.78 is 7.48. The summed E-state index contributed by atoms with van der Waals surface area (Å²) in [6.07, 6.45) is 1.78. The van der Waals surface area contributed by atoms with E-state index in [0.29, 0.717) is 0 Å². The van der Waals surface area contributed by atoms with Crippen LogP contribution in [-0.4, -0.2) is 4.57 Å². The summed E-state index contributed by atoms with van der Waals surface area (Å²) in [6, 6.07) is 12.3. The van der Waals surface area contributed by atoms with Crippen LogP contribution in [0.15, 0.2) is 51.9 Å². The molecule has 24 heavy (non-hydrogen) atoms. The molecule has 0 aliphatic rings. The second-order valence-corrected chi connectivity index (χ2v) is 6.42. The third-order valence-corrected chi connectivity index (χ3v) is 4.93. The number of hydrogen-bond acceptors (Lipinski definition) is 2. The Labute approximate surface area is 140 Å². The Morgan fingerprint density at radius 2 is 1.67 bits per heavy atom. The molecule has 0 radical (unpaired) electrons. The lowest BCUT2D eigenvalue weighted by atomic mass is 9.94. The van der Waals surface area contributed by atoms with Crippen LogP contribution in [-0.2, 0) is 7.05 Å². The highest BCUT2D eigenvalue weighted by molar-refractivity contribution is 6.06. The first kappa shape index (κ1) is 14.8. The van der Waals surface area contributed by atoms with Gasteiger partial charge in [-0.05, 0) is 43.5 Å². The summed E-state index contributed by atoms with van der Waals surface area (Å²) in [4.78, 5) is 12.8. The van der Waals surface area contributed by atoms with Crippen molar-refractivity contribution in [3.05, 3.63) is 69.7 Å². The Bertz CT molecular complexity index is 1150. The predicted molar refractivity (Wildman–Crippen MR) is 98.6 cm³/mol. The molecular formula is C21H19NO2. The number of pyridine rings is 1. The number of aromatic nitrogens is 1. The van der Waals surface area contributed by atoms with Crippen molar-refractivity contribution in [1.29, 1.82) is 0 Å². The Morgan fingerprint density at radius 1 is 0.958 bits per heavy atom. The molecule has 120 valence electrons. The summed E-state index contributed by atoms with van der Waals surface area (Å²) in [6.45, 7) is 5.98. The topological polar surface area (TPSA) is 35.1 Å². The van der Waals surface area contributed by atoms with Gasteiger partial charge in [0.25, 0.3) is 5.56 Å². The molecule has 0 amide bonds. The van der Waals surface area contributed by atoms with Gasteiger partial charge in [-0.3, -0.25) is 4.79 Å². The van der Waals surface area contributed by atoms with Gasteiger partial charge in [-0.1, -0.05) is 30.3 Å². The summed E-state index contributed by atoms with van der Waals surface area (Å²) in [5.74, 6) is 0. The molecule has 0 atom stereocenters. The van der Waals surface area contributed by atoms with Crippen molar-refractivity contribution in [1.82, 2.24) is 4.57 Å². The van der Waals surface area contributed by atoms with Crippen LogP contribution in [0.3, 0.4) is 0 Å². The molecule has 3 nitrogen and oxygen atoms in total. The maximum Gasteiger partial charge on any atom is 0.254 e. The third-order valence-electron chi connectivity index (χ3n) is 4.93. The van der Waals surface area contributed by atoms with Gasteiger partial charge >= 0.3 is 0 Å². The number of nitrogens with zero attached hydrogens (tertiary/aromatic N) is 1. The fourth-order valence-electron chi connectivity index (χ4n) is 3.71. The molecule has 0 bridgehead atoms. The van der Waals surface area contributed by atoms with Gasteiger partial charge in [0.15, 0.2) is 0 Å². The summed E-state index contributed by atoms with van der Waals surface area (Å²) in [7, 11) is 1.83. The number of furan rings is 1. The van der Waals surface area contributed by atoms with Crippen molar-refractivity contribution in [3.63, 3.8) is 0 Å². The predicted octanol–water partition coefficient (Wildman–Crippen LogP) is 4.88. The molecule has 3 heteroatoms. The summed E-state index contributed by atoms with van der Waals surface area (Å²) in [5, 5.41) is 2.20. The minimum Gasteiger partial charge on any atom is -0.464 e. The second kappa shape index (κ2) is 5.10. The zero-order valence-electron chi connectivity index (χ0n) is 14.3. The molecule has 0 aliphatic heterocycles. The largest absolute Gasteiger partial charge is 0.464 e. The number of benzene rings is 2. The minimum atomic E-state index is 0.0343. The summed E-state index contributed by atoms with van der Waals surface area (Å²) in [5.41, 5.74) is 6.80. The fraction of sp³-hybridized carbons (Fsp3) is 0.190. The van der Waals surface area contributed by atoms with E-state index in [2.05, 4.69) is 18.2 Å². The van der Waals surface area contributed by atoms with Crippen LogP contribution in [0, 0.1) is 20.8 Å².